The van der Waals surface area contributed by atoms with Crippen LogP contribution in [0.5, 0.6) is 0 Å². The van der Waals surface area contributed by atoms with E-state index in [1.807, 2.05) is 18.2 Å². The average Bonchev–Trinajstić information content (AvgIpc) is 3.21. The van der Waals surface area contributed by atoms with Crippen molar-refractivity contribution in [3.63, 3.8) is 0 Å². The largest absolute Gasteiger partial charge is 0.350 e. The molecule has 1 aromatic heterocycles. The second-order valence-electron chi connectivity index (χ2n) is 8.05. The van der Waals surface area contributed by atoms with E-state index in [9.17, 15) is 13.6 Å². The van der Waals surface area contributed by atoms with Gasteiger partial charge in [0.1, 0.15) is 17.3 Å². The van der Waals surface area contributed by atoms with Crippen LogP contribution in [0, 0.1) is 11.6 Å². The highest BCUT2D eigenvalue weighted by Gasteiger charge is 2.20. The fourth-order valence-electron chi connectivity index (χ4n) is 3.90. The number of rotatable bonds is 8. The fraction of sp³-hybridized carbons (Fsp3) is 0.192. The van der Waals surface area contributed by atoms with E-state index >= 15 is 0 Å². The maximum absolute atomic E-state index is 13.5. The summed E-state index contributed by atoms with van der Waals surface area (Å²) >= 11 is 0. The molecule has 7 heteroatoms. The van der Waals surface area contributed by atoms with Gasteiger partial charge in [-0.3, -0.25) is 4.79 Å². The lowest BCUT2D eigenvalue weighted by molar-refractivity contribution is 0.0947. The van der Waals surface area contributed by atoms with Gasteiger partial charge < -0.3 is 21.8 Å². The van der Waals surface area contributed by atoms with E-state index in [1.54, 1.807) is 24.3 Å². The van der Waals surface area contributed by atoms with Crippen LogP contribution in [-0.2, 0) is 0 Å². The summed E-state index contributed by atoms with van der Waals surface area (Å²) in [4.78, 5) is 16.3. The average molecular weight is 449 g/mol. The molecule has 170 valence electrons. The third kappa shape index (κ3) is 5.10. The third-order valence-electron chi connectivity index (χ3n) is 5.64. The van der Waals surface area contributed by atoms with Crippen LogP contribution < -0.4 is 16.8 Å². The van der Waals surface area contributed by atoms with Gasteiger partial charge in [-0.25, -0.2) is 8.78 Å². The van der Waals surface area contributed by atoms with E-state index in [2.05, 4.69) is 10.3 Å². The molecule has 0 aliphatic heterocycles. The number of hydrogen-bond donors (Lipinski definition) is 4. The zero-order valence-electron chi connectivity index (χ0n) is 18.1. The first-order valence-electron chi connectivity index (χ1n) is 10.9. The molecule has 5 nitrogen and oxygen atoms in total. The Labute approximate surface area is 190 Å². The van der Waals surface area contributed by atoms with Crippen LogP contribution >= 0.6 is 0 Å². The first-order valence-corrected chi connectivity index (χ1v) is 10.9. The molecule has 1 unspecified atom stereocenters. The quantitative estimate of drug-likeness (QED) is 0.318. The van der Waals surface area contributed by atoms with Gasteiger partial charge in [-0.2, -0.15) is 0 Å². The van der Waals surface area contributed by atoms with Gasteiger partial charge in [-0.05, 0) is 66.4 Å². The molecule has 1 heterocycles. The summed E-state index contributed by atoms with van der Waals surface area (Å²) in [5, 5.41) is 3.72. The Kier molecular flexibility index (Phi) is 6.82. The van der Waals surface area contributed by atoms with E-state index in [1.165, 1.54) is 24.3 Å². The van der Waals surface area contributed by atoms with Gasteiger partial charge in [0.15, 0.2) is 0 Å². The number of aromatic amines is 1. The van der Waals surface area contributed by atoms with Crippen LogP contribution in [0.1, 0.15) is 23.3 Å². The van der Waals surface area contributed by atoms with Gasteiger partial charge in [0.2, 0.25) is 0 Å². The van der Waals surface area contributed by atoms with Crippen molar-refractivity contribution in [1.29, 1.82) is 0 Å². The first-order chi connectivity index (χ1) is 16.0. The fourth-order valence-corrected chi connectivity index (χ4v) is 3.90. The summed E-state index contributed by atoms with van der Waals surface area (Å²) in [5.41, 5.74) is 15.9. The van der Waals surface area contributed by atoms with E-state index < -0.39 is 0 Å². The molecule has 3 aromatic carbocycles. The molecule has 4 rings (SSSR count). The number of halogens is 2. The summed E-state index contributed by atoms with van der Waals surface area (Å²) < 4.78 is 26.9. The Morgan fingerprint density at radius 3 is 2.15 bits per heavy atom. The summed E-state index contributed by atoms with van der Waals surface area (Å²) in [6, 6.07) is 17.8. The number of carbonyl (C=O) groups excluding carboxylic acids is 1. The summed E-state index contributed by atoms with van der Waals surface area (Å²) in [7, 11) is 0. The number of aromatic nitrogens is 1. The minimum absolute atomic E-state index is 0.193. The van der Waals surface area contributed by atoms with Gasteiger partial charge in [-0.15, -0.1) is 0 Å². The van der Waals surface area contributed by atoms with Crippen LogP contribution in [-0.4, -0.2) is 30.0 Å². The van der Waals surface area contributed by atoms with Crippen molar-refractivity contribution < 1.29 is 13.6 Å². The molecule has 0 fully saturated rings. The van der Waals surface area contributed by atoms with Crippen LogP contribution in [0.4, 0.5) is 8.78 Å². The number of fused-ring (bicyclic) bond motifs is 1. The Bertz CT molecular complexity index is 1250. The van der Waals surface area contributed by atoms with Gasteiger partial charge >= 0.3 is 0 Å². The molecular formula is C26H26F2N4O. The van der Waals surface area contributed by atoms with E-state index in [0.717, 1.165) is 40.4 Å². The summed E-state index contributed by atoms with van der Waals surface area (Å²) in [6.45, 7) is 0.868. The number of nitrogens with one attached hydrogen (secondary N) is 2. The minimum Gasteiger partial charge on any atom is -0.350 e. The molecule has 0 radical (unpaired) electrons. The number of amides is 1. The Morgan fingerprint density at radius 1 is 0.909 bits per heavy atom. The van der Waals surface area contributed by atoms with Gasteiger partial charge in [-0.1, -0.05) is 36.4 Å². The molecule has 0 saturated heterocycles. The van der Waals surface area contributed by atoms with Crippen LogP contribution in [0.3, 0.4) is 0 Å². The predicted molar refractivity (Wildman–Crippen MR) is 128 cm³/mol. The zero-order valence-corrected chi connectivity index (χ0v) is 18.1. The third-order valence-corrected chi connectivity index (χ3v) is 5.64. The zero-order chi connectivity index (χ0) is 23.4. The number of H-pyrrole nitrogens is 1. The maximum atomic E-state index is 13.5. The smallest absolute Gasteiger partial charge is 0.268 e. The number of nitrogens with two attached hydrogens (primary N) is 2. The van der Waals surface area contributed by atoms with Crippen LogP contribution in [0.25, 0.3) is 33.2 Å². The van der Waals surface area contributed by atoms with E-state index in [-0.39, 0.29) is 23.6 Å². The van der Waals surface area contributed by atoms with E-state index in [4.69, 9.17) is 11.5 Å². The Hall–Kier alpha value is -3.55. The molecule has 0 bridgehead atoms. The van der Waals surface area contributed by atoms with Crippen molar-refractivity contribution in [2.45, 2.75) is 18.9 Å². The Balaban J connectivity index is 1.73. The monoisotopic (exact) mass is 448 g/mol. The molecule has 0 saturated carbocycles. The number of benzene rings is 3. The van der Waals surface area contributed by atoms with Crippen molar-refractivity contribution >= 4 is 16.8 Å². The van der Waals surface area contributed by atoms with Gasteiger partial charge in [0, 0.05) is 29.1 Å². The standard InChI is InChI=1S/C26H26F2N4O/c27-19-8-3-16(4-9-19)18-7-12-22-23(14-18)32-25(24(22)17-5-10-20(28)11-6-17)26(33)31-15-21(30)2-1-13-29/h3-12,14,21,32H,1-2,13,15,29-30H2,(H,31,33). The van der Waals surface area contributed by atoms with Crippen molar-refractivity contribution in [1.82, 2.24) is 10.3 Å². The second kappa shape index (κ2) is 9.94. The number of hydrogen-bond acceptors (Lipinski definition) is 3. The maximum Gasteiger partial charge on any atom is 0.268 e. The lowest BCUT2D eigenvalue weighted by Gasteiger charge is -2.12. The topological polar surface area (TPSA) is 96.9 Å². The van der Waals surface area contributed by atoms with Crippen molar-refractivity contribution in [3.8, 4) is 22.3 Å². The van der Waals surface area contributed by atoms with Crippen molar-refractivity contribution in [2.24, 2.45) is 11.5 Å². The lowest BCUT2D eigenvalue weighted by atomic mass is 9.99. The normalized spacial score (nSPS) is 12.1. The number of carbonyl (C=O) groups is 1. The minimum atomic E-state index is -0.353. The molecule has 6 N–H and O–H groups in total. The summed E-state index contributed by atoms with van der Waals surface area (Å²) in [5.74, 6) is -0.951. The van der Waals surface area contributed by atoms with Crippen molar-refractivity contribution in [3.05, 3.63) is 84.1 Å². The molecular weight excluding hydrogens is 422 g/mol. The molecule has 1 atom stereocenters. The molecule has 33 heavy (non-hydrogen) atoms. The van der Waals surface area contributed by atoms with Crippen LogP contribution in [0.2, 0.25) is 0 Å². The van der Waals surface area contributed by atoms with Crippen LogP contribution in [0.15, 0.2) is 66.7 Å². The molecule has 0 spiro atoms. The van der Waals surface area contributed by atoms with Gasteiger partial charge in [0.05, 0.1) is 0 Å². The lowest BCUT2D eigenvalue weighted by Crippen LogP contribution is -2.37. The first kappa shape index (κ1) is 22.6. The molecule has 4 aromatic rings. The summed E-state index contributed by atoms with van der Waals surface area (Å²) in [6.07, 6.45) is 1.51. The highest BCUT2D eigenvalue weighted by atomic mass is 19.1. The van der Waals surface area contributed by atoms with Gasteiger partial charge in [0.25, 0.3) is 5.91 Å². The highest BCUT2D eigenvalue weighted by molar-refractivity contribution is 6.10. The van der Waals surface area contributed by atoms with E-state index in [0.29, 0.717) is 24.3 Å². The Morgan fingerprint density at radius 2 is 1.52 bits per heavy atom. The van der Waals surface area contributed by atoms with Crippen molar-refractivity contribution in [2.75, 3.05) is 13.1 Å². The SMILES string of the molecule is NCCCC(N)CNC(=O)c1[nH]c2cc(-c3ccc(F)cc3)ccc2c1-c1ccc(F)cc1. The molecule has 1 amide bonds. The second-order valence-corrected chi connectivity index (χ2v) is 8.05. The molecule has 0 aliphatic carbocycles. The molecule has 0 aliphatic rings. The predicted octanol–water partition coefficient (Wildman–Crippen LogP) is 4.58. The highest BCUT2D eigenvalue weighted by Crippen LogP contribution is 2.35.